The maximum absolute atomic E-state index is 6.07. The van der Waals surface area contributed by atoms with E-state index in [0.29, 0.717) is 19.3 Å². The number of aromatic nitrogens is 1. The van der Waals surface area contributed by atoms with E-state index in [1.807, 2.05) is 26.1 Å². The average Bonchev–Trinajstić information content (AvgIpc) is 3.15. The lowest BCUT2D eigenvalue weighted by Gasteiger charge is -2.37. The molecule has 2 aliphatic heterocycles. The van der Waals surface area contributed by atoms with Crippen LogP contribution in [0.3, 0.4) is 0 Å². The maximum Gasteiger partial charge on any atom is 0.163 e. The number of nitrogens with one attached hydrogen (secondary N) is 1. The second-order valence-electron chi connectivity index (χ2n) is 9.45. The summed E-state index contributed by atoms with van der Waals surface area (Å²) in [5.41, 5.74) is 4.38. The fourth-order valence-electron chi connectivity index (χ4n) is 4.60. The minimum absolute atomic E-state index is 0.266. The molecule has 1 aromatic heterocycles. The first kappa shape index (κ1) is 24.4. The molecule has 0 saturated carbocycles. The van der Waals surface area contributed by atoms with E-state index in [-0.39, 0.29) is 6.10 Å². The Morgan fingerprint density at radius 3 is 2.71 bits per heavy atom. The van der Waals surface area contributed by atoms with Gasteiger partial charge in [0.1, 0.15) is 17.6 Å². The Kier molecular flexibility index (Phi) is 7.66. The third kappa shape index (κ3) is 5.17. The number of ether oxygens (including phenoxy) is 2. The number of anilines is 1. The monoisotopic (exact) mass is 464 g/mol. The van der Waals surface area contributed by atoms with E-state index >= 15 is 0 Å². The van der Waals surface area contributed by atoms with Crippen molar-refractivity contribution >= 4 is 17.2 Å². The van der Waals surface area contributed by atoms with Gasteiger partial charge in [0.05, 0.1) is 13.2 Å². The number of nitrogens with zero attached hydrogens (tertiary/aromatic N) is 3. The summed E-state index contributed by atoms with van der Waals surface area (Å²) in [5, 5.41) is 7.89. The van der Waals surface area contributed by atoms with Crippen molar-refractivity contribution < 1.29 is 14.3 Å². The van der Waals surface area contributed by atoms with Crippen LogP contribution in [0.15, 0.2) is 54.3 Å². The Bertz CT molecular complexity index is 1010. The fraction of sp³-hybridized carbons (Fsp3) is 0.481. The van der Waals surface area contributed by atoms with E-state index in [1.54, 1.807) is 7.11 Å². The van der Waals surface area contributed by atoms with Crippen LogP contribution in [0.25, 0.3) is 5.70 Å². The number of hydrogen-bond acceptors (Lipinski definition) is 7. The molecule has 0 aliphatic carbocycles. The van der Waals surface area contributed by atoms with Crippen molar-refractivity contribution in [3.8, 4) is 0 Å². The Morgan fingerprint density at radius 2 is 2.03 bits per heavy atom. The Hall–Kier alpha value is -2.74. The van der Waals surface area contributed by atoms with Gasteiger partial charge in [-0.3, -0.25) is 0 Å². The molecule has 0 spiro atoms. The Balaban J connectivity index is 1.58. The molecule has 7 heteroatoms. The zero-order chi connectivity index (χ0) is 24.1. The van der Waals surface area contributed by atoms with Gasteiger partial charge in [-0.2, -0.15) is 0 Å². The highest BCUT2D eigenvalue weighted by Crippen LogP contribution is 2.32. The standard InChI is InChI=1S/C27H36N4O3/c1-19-8-6-15-29-26(19)31(23-9-7-14-28-18-23)20(2)21-10-12-22(13-11-21)24-25(33-17-16-32-5)27(3,4)34-30-24/h6,8,10-13,15,23,25,28H,2,7,9,14,16-18H2,1,3-5H3/t23-,25-/m1/s1. The molecule has 182 valence electrons. The van der Waals surface area contributed by atoms with E-state index in [4.69, 9.17) is 19.3 Å². The highest BCUT2D eigenvalue weighted by atomic mass is 16.7. The molecule has 7 nitrogen and oxygen atoms in total. The molecule has 1 N–H and O–H groups in total. The van der Waals surface area contributed by atoms with Gasteiger partial charge in [-0.1, -0.05) is 42.1 Å². The molecule has 0 radical (unpaired) electrons. The van der Waals surface area contributed by atoms with Crippen molar-refractivity contribution in [1.82, 2.24) is 10.3 Å². The molecular weight excluding hydrogens is 428 g/mol. The van der Waals surface area contributed by atoms with Crippen LogP contribution < -0.4 is 10.2 Å². The quantitative estimate of drug-likeness (QED) is 0.562. The topological polar surface area (TPSA) is 68.2 Å². The number of hydrogen-bond donors (Lipinski definition) is 1. The van der Waals surface area contributed by atoms with Gasteiger partial charge in [0.15, 0.2) is 5.60 Å². The van der Waals surface area contributed by atoms with Gasteiger partial charge < -0.3 is 24.5 Å². The molecular formula is C27H36N4O3. The summed E-state index contributed by atoms with van der Waals surface area (Å²) >= 11 is 0. The number of rotatable bonds is 9. The largest absolute Gasteiger partial charge is 0.386 e. The van der Waals surface area contributed by atoms with Crippen molar-refractivity contribution in [2.45, 2.75) is 51.4 Å². The molecule has 1 fully saturated rings. The second-order valence-corrected chi connectivity index (χ2v) is 9.45. The van der Waals surface area contributed by atoms with Crippen LogP contribution in [0.4, 0.5) is 5.82 Å². The first-order valence-corrected chi connectivity index (χ1v) is 12.0. The average molecular weight is 465 g/mol. The van der Waals surface area contributed by atoms with Gasteiger partial charge in [0.2, 0.25) is 0 Å². The molecule has 34 heavy (non-hydrogen) atoms. The number of oxime groups is 1. The van der Waals surface area contributed by atoms with Crippen LogP contribution in [0, 0.1) is 6.92 Å². The second kappa shape index (κ2) is 10.7. The zero-order valence-corrected chi connectivity index (χ0v) is 20.7. The lowest BCUT2D eigenvalue weighted by atomic mass is 9.93. The molecule has 2 atom stereocenters. The van der Waals surface area contributed by atoms with Gasteiger partial charge in [-0.05, 0) is 57.4 Å². The normalized spacial score (nSPS) is 21.6. The SMILES string of the molecule is C=C(c1ccc(C2=NOC(C)(C)[C@@H]2OCCOC)cc1)N(c1ncccc1C)[C@@H]1CCCNC1. The van der Waals surface area contributed by atoms with Crippen LogP contribution in [-0.4, -0.2) is 61.9 Å². The summed E-state index contributed by atoms with van der Waals surface area (Å²) in [5.74, 6) is 0.965. The number of pyridine rings is 1. The Labute approximate surface area is 202 Å². The Morgan fingerprint density at radius 1 is 1.24 bits per heavy atom. The summed E-state index contributed by atoms with van der Waals surface area (Å²) in [6.45, 7) is 13.6. The van der Waals surface area contributed by atoms with Crippen molar-refractivity contribution in [2.24, 2.45) is 5.16 Å². The van der Waals surface area contributed by atoms with Crippen molar-refractivity contribution in [1.29, 1.82) is 0 Å². The molecule has 3 heterocycles. The van der Waals surface area contributed by atoms with Crippen molar-refractivity contribution in [3.63, 3.8) is 0 Å². The summed E-state index contributed by atoms with van der Waals surface area (Å²) in [6, 6.07) is 12.7. The van der Waals surface area contributed by atoms with Crippen LogP contribution in [0.5, 0.6) is 0 Å². The molecule has 0 amide bonds. The van der Waals surface area contributed by atoms with Gasteiger partial charge >= 0.3 is 0 Å². The molecule has 2 aliphatic rings. The van der Waals surface area contributed by atoms with E-state index < -0.39 is 5.60 Å². The molecule has 0 bridgehead atoms. The predicted octanol–water partition coefficient (Wildman–Crippen LogP) is 4.16. The lowest BCUT2D eigenvalue weighted by Crippen LogP contribution is -2.45. The zero-order valence-electron chi connectivity index (χ0n) is 20.7. The minimum Gasteiger partial charge on any atom is -0.386 e. The third-order valence-corrected chi connectivity index (χ3v) is 6.48. The summed E-state index contributed by atoms with van der Waals surface area (Å²) < 4.78 is 11.2. The molecule has 0 unspecified atom stereocenters. The smallest absolute Gasteiger partial charge is 0.163 e. The highest BCUT2D eigenvalue weighted by Gasteiger charge is 2.42. The summed E-state index contributed by atoms with van der Waals surface area (Å²) in [4.78, 5) is 12.7. The first-order valence-electron chi connectivity index (χ1n) is 12.0. The fourth-order valence-corrected chi connectivity index (χ4v) is 4.60. The van der Waals surface area contributed by atoms with Gasteiger partial charge in [-0.15, -0.1) is 0 Å². The van der Waals surface area contributed by atoms with Gasteiger partial charge in [-0.25, -0.2) is 4.98 Å². The molecule has 2 aromatic rings. The molecule has 1 saturated heterocycles. The number of aryl methyl sites for hydroxylation is 1. The van der Waals surface area contributed by atoms with E-state index in [2.05, 4.69) is 59.2 Å². The van der Waals surface area contributed by atoms with Crippen LogP contribution >= 0.6 is 0 Å². The van der Waals surface area contributed by atoms with Crippen molar-refractivity contribution in [3.05, 3.63) is 65.9 Å². The predicted molar refractivity (Wildman–Crippen MR) is 136 cm³/mol. The number of methoxy groups -OCH3 is 1. The van der Waals surface area contributed by atoms with E-state index in [0.717, 1.165) is 59.8 Å². The number of piperidine rings is 1. The lowest BCUT2D eigenvalue weighted by molar-refractivity contribution is -0.0809. The van der Waals surface area contributed by atoms with Crippen LogP contribution in [0.2, 0.25) is 0 Å². The van der Waals surface area contributed by atoms with Crippen LogP contribution in [0.1, 0.15) is 43.4 Å². The number of benzene rings is 1. The summed E-state index contributed by atoms with van der Waals surface area (Å²) in [6.07, 6.45) is 3.83. The van der Waals surface area contributed by atoms with Gasteiger partial charge in [0, 0.05) is 37.2 Å². The summed E-state index contributed by atoms with van der Waals surface area (Å²) in [7, 11) is 1.67. The van der Waals surface area contributed by atoms with Crippen LogP contribution in [-0.2, 0) is 14.3 Å². The van der Waals surface area contributed by atoms with Crippen molar-refractivity contribution in [2.75, 3.05) is 38.3 Å². The minimum atomic E-state index is -0.535. The maximum atomic E-state index is 6.07. The first-order chi connectivity index (χ1) is 16.4. The van der Waals surface area contributed by atoms with E-state index in [9.17, 15) is 0 Å². The highest BCUT2D eigenvalue weighted by molar-refractivity contribution is 6.05. The third-order valence-electron chi connectivity index (χ3n) is 6.48. The molecule has 1 aromatic carbocycles. The van der Waals surface area contributed by atoms with Gasteiger partial charge in [0.25, 0.3) is 0 Å². The van der Waals surface area contributed by atoms with E-state index in [1.165, 1.54) is 0 Å². The molecule has 4 rings (SSSR count).